The fourth-order valence-electron chi connectivity index (χ4n) is 1.22. The number of likely N-dealkylation sites (tertiary alicyclic amines) is 1. The molecule has 0 aliphatic carbocycles. The van der Waals surface area contributed by atoms with Gasteiger partial charge in [0.15, 0.2) is 0 Å². The molecule has 54 valence electrons. The number of nitrogens with one attached hydrogen (secondary N) is 1. The predicted molar refractivity (Wildman–Crippen MR) is 33.9 cm³/mol. The molecule has 0 aromatic heterocycles. The quantitative estimate of drug-likeness (QED) is 0.466. The van der Waals surface area contributed by atoms with E-state index in [1.54, 1.807) is 0 Å². The maximum Gasteiger partial charge on any atom is 0.0193 e. The zero-order chi connectivity index (χ0) is 6.69. The highest BCUT2D eigenvalue weighted by atomic mass is 16.3. The van der Waals surface area contributed by atoms with Crippen LogP contribution in [0.2, 0.25) is 0 Å². The summed E-state index contributed by atoms with van der Waals surface area (Å²) in [5, 5.41) is 12.9. The Morgan fingerprint density at radius 1 is 1.78 bits per heavy atom. The highest BCUT2D eigenvalue weighted by Crippen LogP contribution is 2.04. The first-order valence-corrected chi connectivity index (χ1v) is 3.33. The minimum Gasteiger partial charge on any atom is -0.843 e. The first-order valence-electron chi connectivity index (χ1n) is 3.33. The van der Waals surface area contributed by atoms with E-state index in [0.29, 0.717) is 6.04 Å². The Morgan fingerprint density at radius 3 is 3.00 bits per heavy atom. The molecule has 0 spiro atoms. The van der Waals surface area contributed by atoms with Crippen LogP contribution < -0.4 is 10.4 Å². The van der Waals surface area contributed by atoms with Crippen molar-refractivity contribution in [2.75, 3.05) is 26.9 Å². The number of likely N-dealkylation sites (N-methyl/N-ethyl adjacent to an activating group) is 1. The molecule has 1 heterocycles. The van der Waals surface area contributed by atoms with Crippen molar-refractivity contribution in [1.29, 1.82) is 0 Å². The molecule has 0 bridgehead atoms. The van der Waals surface area contributed by atoms with Crippen LogP contribution in [0.1, 0.15) is 6.42 Å². The van der Waals surface area contributed by atoms with Crippen molar-refractivity contribution in [2.24, 2.45) is 0 Å². The van der Waals surface area contributed by atoms with Gasteiger partial charge in [-0.05, 0) is 20.0 Å². The van der Waals surface area contributed by atoms with Crippen LogP contribution in [0.4, 0.5) is 0 Å². The standard InChI is InChI=1S/C6H13N2O/c1-8-3-2-6(4-8)7-5-9/h6-7H,2-5H2,1H3/q-1/t6-/m1/s1. The van der Waals surface area contributed by atoms with Gasteiger partial charge in [-0.2, -0.15) is 0 Å². The molecule has 1 rings (SSSR count). The summed E-state index contributed by atoms with van der Waals surface area (Å²) in [4.78, 5) is 2.23. The van der Waals surface area contributed by atoms with Crippen LogP contribution in [0.15, 0.2) is 0 Å². The fraction of sp³-hybridized carbons (Fsp3) is 1.00. The van der Waals surface area contributed by atoms with E-state index in [4.69, 9.17) is 0 Å². The number of hydrogen-bond donors (Lipinski definition) is 1. The highest BCUT2D eigenvalue weighted by molar-refractivity contribution is 4.77. The van der Waals surface area contributed by atoms with Crippen LogP contribution in [0.3, 0.4) is 0 Å². The molecule has 1 atom stereocenters. The highest BCUT2D eigenvalue weighted by Gasteiger charge is 2.16. The molecule has 1 aliphatic heterocycles. The normalized spacial score (nSPS) is 29.3. The summed E-state index contributed by atoms with van der Waals surface area (Å²) in [5.74, 6) is 0. The first kappa shape index (κ1) is 6.99. The number of rotatable bonds is 2. The monoisotopic (exact) mass is 129 g/mol. The average Bonchev–Trinajstić information content (AvgIpc) is 2.17. The second-order valence-corrected chi connectivity index (χ2v) is 2.60. The predicted octanol–water partition coefficient (Wildman–Crippen LogP) is -1.40. The maximum atomic E-state index is 10.1. The zero-order valence-electron chi connectivity index (χ0n) is 5.76. The summed E-state index contributed by atoms with van der Waals surface area (Å²) in [7, 11) is 2.08. The van der Waals surface area contributed by atoms with E-state index in [-0.39, 0.29) is 6.73 Å². The van der Waals surface area contributed by atoms with Gasteiger partial charge < -0.3 is 15.3 Å². The molecular weight excluding hydrogens is 116 g/mol. The number of hydrogen-bond acceptors (Lipinski definition) is 3. The van der Waals surface area contributed by atoms with E-state index in [2.05, 4.69) is 17.3 Å². The molecule has 3 nitrogen and oxygen atoms in total. The van der Waals surface area contributed by atoms with Crippen LogP contribution in [-0.4, -0.2) is 37.8 Å². The van der Waals surface area contributed by atoms with E-state index >= 15 is 0 Å². The van der Waals surface area contributed by atoms with E-state index in [0.717, 1.165) is 19.5 Å². The number of nitrogens with zero attached hydrogens (tertiary/aromatic N) is 1. The Morgan fingerprint density at radius 2 is 2.56 bits per heavy atom. The summed E-state index contributed by atoms with van der Waals surface area (Å²) in [5.41, 5.74) is 0. The molecule has 0 amide bonds. The summed E-state index contributed by atoms with van der Waals surface area (Å²) in [6.07, 6.45) is 1.12. The molecule has 1 saturated heterocycles. The van der Waals surface area contributed by atoms with Crippen LogP contribution >= 0.6 is 0 Å². The lowest BCUT2D eigenvalue weighted by atomic mass is 10.3. The molecule has 0 aromatic rings. The minimum atomic E-state index is -0.140. The van der Waals surface area contributed by atoms with Crippen molar-refractivity contribution < 1.29 is 5.11 Å². The lowest BCUT2D eigenvalue weighted by molar-refractivity contribution is -0.376. The summed E-state index contributed by atoms with van der Waals surface area (Å²) in [6.45, 7) is 2.01. The Kier molecular flexibility index (Phi) is 2.45. The van der Waals surface area contributed by atoms with Gasteiger partial charge in [0.05, 0.1) is 0 Å². The van der Waals surface area contributed by atoms with Crippen molar-refractivity contribution in [2.45, 2.75) is 12.5 Å². The molecular formula is C6H13N2O-. The fourth-order valence-corrected chi connectivity index (χ4v) is 1.22. The van der Waals surface area contributed by atoms with Gasteiger partial charge in [-0.3, -0.25) is 0 Å². The third-order valence-electron chi connectivity index (χ3n) is 1.76. The smallest absolute Gasteiger partial charge is 0.0193 e. The molecule has 3 heteroatoms. The third-order valence-corrected chi connectivity index (χ3v) is 1.76. The molecule has 1 aliphatic rings. The molecule has 0 unspecified atom stereocenters. The zero-order valence-corrected chi connectivity index (χ0v) is 5.76. The Hall–Kier alpha value is -0.120. The second kappa shape index (κ2) is 3.15. The molecule has 0 saturated carbocycles. The third kappa shape index (κ3) is 1.93. The van der Waals surface area contributed by atoms with Gasteiger partial charge in [-0.15, -0.1) is 0 Å². The lowest BCUT2D eigenvalue weighted by Crippen LogP contribution is -2.37. The van der Waals surface area contributed by atoms with E-state index in [1.807, 2.05) is 0 Å². The van der Waals surface area contributed by atoms with Gasteiger partial charge in [-0.1, -0.05) is 6.73 Å². The Balaban J connectivity index is 2.14. The van der Waals surface area contributed by atoms with E-state index in [1.165, 1.54) is 0 Å². The van der Waals surface area contributed by atoms with Gasteiger partial charge in [0, 0.05) is 12.6 Å². The van der Waals surface area contributed by atoms with Crippen LogP contribution in [0.5, 0.6) is 0 Å². The molecule has 1 N–H and O–H groups in total. The van der Waals surface area contributed by atoms with E-state index in [9.17, 15) is 5.11 Å². The lowest BCUT2D eigenvalue weighted by Gasteiger charge is -2.14. The minimum absolute atomic E-state index is 0.140. The summed E-state index contributed by atoms with van der Waals surface area (Å²) < 4.78 is 0. The van der Waals surface area contributed by atoms with Crippen molar-refractivity contribution >= 4 is 0 Å². The van der Waals surface area contributed by atoms with Crippen LogP contribution in [0, 0.1) is 0 Å². The molecule has 1 fully saturated rings. The molecule has 0 radical (unpaired) electrons. The average molecular weight is 129 g/mol. The van der Waals surface area contributed by atoms with Crippen molar-refractivity contribution in [3.05, 3.63) is 0 Å². The largest absolute Gasteiger partial charge is 0.843 e. The summed E-state index contributed by atoms with van der Waals surface area (Å²) in [6, 6.07) is 0.451. The second-order valence-electron chi connectivity index (χ2n) is 2.60. The van der Waals surface area contributed by atoms with Gasteiger partial charge in [0.2, 0.25) is 0 Å². The van der Waals surface area contributed by atoms with E-state index < -0.39 is 0 Å². The van der Waals surface area contributed by atoms with Crippen LogP contribution in [-0.2, 0) is 0 Å². The van der Waals surface area contributed by atoms with Crippen molar-refractivity contribution in [3.63, 3.8) is 0 Å². The van der Waals surface area contributed by atoms with Crippen molar-refractivity contribution in [1.82, 2.24) is 10.2 Å². The van der Waals surface area contributed by atoms with Gasteiger partial charge in [-0.25, -0.2) is 0 Å². The SMILES string of the molecule is CN1CC[C@@H](NC[O-])C1. The van der Waals surface area contributed by atoms with Gasteiger partial charge >= 0.3 is 0 Å². The van der Waals surface area contributed by atoms with Crippen molar-refractivity contribution in [3.8, 4) is 0 Å². The first-order chi connectivity index (χ1) is 4.33. The summed E-state index contributed by atoms with van der Waals surface area (Å²) >= 11 is 0. The van der Waals surface area contributed by atoms with Gasteiger partial charge in [0.1, 0.15) is 0 Å². The Labute approximate surface area is 55.7 Å². The van der Waals surface area contributed by atoms with Crippen LogP contribution in [0.25, 0.3) is 0 Å². The molecule has 9 heavy (non-hydrogen) atoms. The Bertz CT molecular complexity index is 85.1. The topological polar surface area (TPSA) is 38.3 Å². The maximum absolute atomic E-state index is 10.1. The molecule has 0 aromatic carbocycles. The van der Waals surface area contributed by atoms with Gasteiger partial charge in [0.25, 0.3) is 0 Å².